The molecule has 6 nitrogen and oxygen atoms in total. The molecule has 1 N–H and O–H groups in total. The predicted octanol–water partition coefficient (Wildman–Crippen LogP) is 1.22. The Kier molecular flexibility index (Phi) is 6.04. The second-order valence-corrected chi connectivity index (χ2v) is 6.74. The number of likely N-dealkylation sites (N-methyl/N-ethyl adjacent to an activating group) is 1. The van der Waals surface area contributed by atoms with Crippen molar-refractivity contribution in [1.29, 1.82) is 0 Å². The van der Waals surface area contributed by atoms with Gasteiger partial charge < -0.3 is 20.0 Å². The number of rotatable bonds is 6. The predicted molar refractivity (Wildman–Crippen MR) is 95.1 cm³/mol. The third-order valence-electron chi connectivity index (χ3n) is 5.19. The second-order valence-electron chi connectivity index (χ2n) is 6.74. The Morgan fingerprint density at radius 1 is 1.17 bits per heavy atom. The zero-order valence-electron chi connectivity index (χ0n) is 14.7. The van der Waals surface area contributed by atoms with Gasteiger partial charge in [0.15, 0.2) is 0 Å². The van der Waals surface area contributed by atoms with E-state index in [9.17, 15) is 4.79 Å². The van der Waals surface area contributed by atoms with Gasteiger partial charge in [0, 0.05) is 64.1 Å². The standard InChI is InChI=1S/C18H29N5O/c1-2-21-10-12-22(13-11-21)9-3-6-20-18(24)23-14-17(15-23)16-4-7-19-8-5-16/h4-5,7-8,17H,2-3,6,9-15H2,1H3,(H,20,24). The van der Waals surface area contributed by atoms with E-state index in [1.165, 1.54) is 18.7 Å². The molecule has 2 saturated heterocycles. The number of hydrogen-bond acceptors (Lipinski definition) is 4. The smallest absolute Gasteiger partial charge is 0.317 e. The molecule has 2 aliphatic heterocycles. The van der Waals surface area contributed by atoms with Gasteiger partial charge in [0.1, 0.15) is 0 Å². The van der Waals surface area contributed by atoms with Gasteiger partial charge in [-0.3, -0.25) is 4.98 Å². The Bertz CT molecular complexity index is 509. The number of hydrogen-bond donors (Lipinski definition) is 1. The van der Waals surface area contributed by atoms with Crippen LogP contribution in [0, 0.1) is 0 Å². The third-order valence-corrected chi connectivity index (χ3v) is 5.19. The number of carbonyl (C=O) groups excluding carboxylic acids is 1. The Morgan fingerprint density at radius 2 is 1.83 bits per heavy atom. The highest BCUT2D eigenvalue weighted by molar-refractivity contribution is 5.75. The first-order valence-corrected chi connectivity index (χ1v) is 9.13. The minimum Gasteiger partial charge on any atom is -0.338 e. The molecular formula is C18H29N5O. The monoisotopic (exact) mass is 331 g/mol. The molecular weight excluding hydrogens is 302 g/mol. The lowest BCUT2D eigenvalue weighted by atomic mass is 9.93. The van der Waals surface area contributed by atoms with Crippen LogP contribution in [0.2, 0.25) is 0 Å². The number of nitrogens with zero attached hydrogens (tertiary/aromatic N) is 4. The molecule has 3 heterocycles. The van der Waals surface area contributed by atoms with E-state index in [4.69, 9.17) is 0 Å². The maximum Gasteiger partial charge on any atom is 0.317 e. The van der Waals surface area contributed by atoms with Crippen molar-refractivity contribution in [2.45, 2.75) is 19.3 Å². The highest BCUT2D eigenvalue weighted by Gasteiger charge is 2.31. The zero-order chi connectivity index (χ0) is 16.8. The van der Waals surface area contributed by atoms with E-state index in [1.54, 1.807) is 0 Å². The average molecular weight is 331 g/mol. The lowest BCUT2D eigenvalue weighted by Crippen LogP contribution is -2.53. The number of amides is 2. The molecule has 2 aliphatic rings. The first-order valence-electron chi connectivity index (χ1n) is 9.13. The fourth-order valence-electron chi connectivity index (χ4n) is 3.43. The number of piperazine rings is 1. The topological polar surface area (TPSA) is 51.7 Å². The molecule has 1 aromatic rings. The summed E-state index contributed by atoms with van der Waals surface area (Å²) in [5.74, 6) is 0.466. The van der Waals surface area contributed by atoms with Gasteiger partial charge in [0.05, 0.1) is 0 Å². The van der Waals surface area contributed by atoms with Crippen molar-refractivity contribution in [3.63, 3.8) is 0 Å². The van der Waals surface area contributed by atoms with Crippen LogP contribution in [0.15, 0.2) is 24.5 Å². The largest absolute Gasteiger partial charge is 0.338 e. The highest BCUT2D eigenvalue weighted by Crippen LogP contribution is 2.26. The molecule has 0 atom stereocenters. The lowest BCUT2D eigenvalue weighted by Gasteiger charge is -2.39. The van der Waals surface area contributed by atoms with E-state index < -0.39 is 0 Å². The fourth-order valence-corrected chi connectivity index (χ4v) is 3.43. The molecule has 2 fully saturated rings. The van der Waals surface area contributed by atoms with E-state index in [1.807, 2.05) is 29.4 Å². The number of pyridine rings is 1. The summed E-state index contributed by atoms with van der Waals surface area (Å²) in [7, 11) is 0. The summed E-state index contributed by atoms with van der Waals surface area (Å²) >= 11 is 0. The molecule has 0 spiro atoms. The van der Waals surface area contributed by atoms with E-state index in [0.29, 0.717) is 5.92 Å². The molecule has 2 amide bonds. The number of carbonyl (C=O) groups is 1. The number of likely N-dealkylation sites (tertiary alicyclic amines) is 1. The van der Waals surface area contributed by atoms with Gasteiger partial charge >= 0.3 is 6.03 Å². The number of aromatic nitrogens is 1. The average Bonchev–Trinajstić information content (AvgIpc) is 2.59. The van der Waals surface area contributed by atoms with E-state index in [0.717, 1.165) is 52.2 Å². The highest BCUT2D eigenvalue weighted by atomic mass is 16.2. The van der Waals surface area contributed by atoms with Crippen LogP contribution in [0.1, 0.15) is 24.8 Å². The Labute approximate surface area is 144 Å². The van der Waals surface area contributed by atoms with Crippen molar-refractivity contribution < 1.29 is 4.79 Å². The summed E-state index contributed by atoms with van der Waals surface area (Å²) in [6.45, 7) is 11.5. The van der Waals surface area contributed by atoms with Gasteiger partial charge in [-0.1, -0.05) is 6.92 Å². The summed E-state index contributed by atoms with van der Waals surface area (Å²) in [6.07, 6.45) is 4.66. The van der Waals surface area contributed by atoms with Crippen molar-refractivity contribution in [3.8, 4) is 0 Å². The minimum absolute atomic E-state index is 0.0797. The van der Waals surface area contributed by atoms with Gasteiger partial charge in [-0.25, -0.2) is 4.79 Å². The first-order chi connectivity index (χ1) is 11.8. The molecule has 0 bridgehead atoms. The van der Waals surface area contributed by atoms with Crippen LogP contribution in [0.4, 0.5) is 4.79 Å². The van der Waals surface area contributed by atoms with Gasteiger partial charge in [-0.05, 0) is 37.2 Å². The van der Waals surface area contributed by atoms with Gasteiger partial charge in [-0.15, -0.1) is 0 Å². The van der Waals surface area contributed by atoms with Gasteiger partial charge in [0.25, 0.3) is 0 Å². The maximum absolute atomic E-state index is 12.1. The summed E-state index contributed by atoms with van der Waals surface area (Å²) in [5.41, 5.74) is 1.28. The van der Waals surface area contributed by atoms with Crippen LogP contribution in [0.5, 0.6) is 0 Å². The molecule has 3 rings (SSSR count). The second kappa shape index (κ2) is 8.44. The lowest BCUT2D eigenvalue weighted by molar-refractivity contribution is 0.134. The normalized spacial score (nSPS) is 20.0. The molecule has 0 aromatic carbocycles. The van der Waals surface area contributed by atoms with E-state index in [2.05, 4.69) is 27.0 Å². The van der Waals surface area contributed by atoms with Gasteiger partial charge in [-0.2, -0.15) is 0 Å². The van der Waals surface area contributed by atoms with Crippen LogP contribution >= 0.6 is 0 Å². The Morgan fingerprint density at radius 3 is 2.50 bits per heavy atom. The number of urea groups is 1. The van der Waals surface area contributed by atoms with Crippen molar-refractivity contribution >= 4 is 6.03 Å². The fraction of sp³-hybridized carbons (Fsp3) is 0.667. The Balaban J connectivity index is 1.26. The minimum atomic E-state index is 0.0797. The summed E-state index contributed by atoms with van der Waals surface area (Å²) in [4.78, 5) is 23.0. The van der Waals surface area contributed by atoms with Crippen LogP contribution < -0.4 is 5.32 Å². The molecule has 0 aliphatic carbocycles. The molecule has 24 heavy (non-hydrogen) atoms. The SMILES string of the molecule is CCN1CCN(CCCNC(=O)N2CC(c3ccncc3)C2)CC1. The van der Waals surface area contributed by atoms with Crippen LogP contribution in [0.3, 0.4) is 0 Å². The van der Waals surface area contributed by atoms with E-state index in [-0.39, 0.29) is 6.03 Å². The Hall–Kier alpha value is -1.66. The summed E-state index contributed by atoms with van der Waals surface area (Å²) in [5, 5.41) is 3.05. The first kappa shape index (κ1) is 17.2. The zero-order valence-corrected chi connectivity index (χ0v) is 14.7. The molecule has 6 heteroatoms. The van der Waals surface area contributed by atoms with Crippen molar-refractivity contribution in [3.05, 3.63) is 30.1 Å². The quantitative estimate of drug-likeness (QED) is 0.797. The molecule has 0 unspecified atom stereocenters. The van der Waals surface area contributed by atoms with Crippen molar-refractivity contribution in [2.24, 2.45) is 0 Å². The third kappa shape index (κ3) is 4.45. The summed E-state index contributed by atoms with van der Waals surface area (Å²) < 4.78 is 0. The molecule has 1 aromatic heterocycles. The van der Waals surface area contributed by atoms with E-state index >= 15 is 0 Å². The van der Waals surface area contributed by atoms with Crippen LogP contribution in [-0.2, 0) is 0 Å². The van der Waals surface area contributed by atoms with Crippen molar-refractivity contribution in [2.75, 3.05) is 58.9 Å². The maximum atomic E-state index is 12.1. The van der Waals surface area contributed by atoms with Gasteiger partial charge in [0.2, 0.25) is 0 Å². The van der Waals surface area contributed by atoms with Crippen molar-refractivity contribution in [1.82, 2.24) is 25.0 Å². The van der Waals surface area contributed by atoms with Crippen LogP contribution in [-0.4, -0.2) is 84.6 Å². The summed E-state index contributed by atoms with van der Waals surface area (Å²) in [6, 6.07) is 4.16. The van der Waals surface area contributed by atoms with Crippen LogP contribution in [0.25, 0.3) is 0 Å². The number of nitrogens with one attached hydrogen (secondary N) is 1. The molecule has 0 radical (unpaired) electrons. The molecule has 132 valence electrons. The molecule has 0 saturated carbocycles.